The summed E-state index contributed by atoms with van der Waals surface area (Å²) >= 11 is 0. The number of hydrogen-bond donors (Lipinski definition) is 2. The third-order valence-electron chi connectivity index (χ3n) is 8.76. The van der Waals surface area contributed by atoms with Crippen molar-refractivity contribution in [3.05, 3.63) is 71.8 Å². The number of rotatable bonds is 18. The molecule has 4 amide bonds. The van der Waals surface area contributed by atoms with E-state index in [1.165, 1.54) is 10.0 Å². The van der Waals surface area contributed by atoms with Crippen LogP contribution in [0.25, 0.3) is 0 Å². The zero-order valence-corrected chi connectivity index (χ0v) is 28.8. The van der Waals surface area contributed by atoms with Gasteiger partial charge in [-0.2, -0.15) is 0 Å². The second-order valence-electron chi connectivity index (χ2n) is 12.4. The molecule has 1 saturated heterocycles. The minimum absolute atomic E-state index is 0.0166. The number of hydroxylamine groups is 1. The summed E-state index contributed by atoms with van der Waals surface area (Å²) in [4.78, 5) is 73.4. The molecule has 0 bridgehead atoms. The van der Waals surface area contributed by atoms with Gasteiger partial charge in [0.05, 0.1) is 12.6 Å². The topological polar surface area (TPSA) is 134 Å². The number of benzene rings is 2. The predicted molar refractivity (Wildman–Crippen MR) is 182 cm³/mol. The number of Topliss-reactive ketones (excluding diaryl/α,β-unsaturated/α-hetero) is 1. The predicted octanol–water partition coefficient (Wildman–Crippen LogP) is 5.88. The lowest BCUT2D eigenvalue weighted by Crippen LogP contribution is -2.64. The van der Waals surface area contributed by atoms with Crippen LogP contribution in [-0.2, 0) is 42.0 Å². The largest absolute Gasteiger partial charge is 0.443 e. The molecule has 0 aliphatic carbocycles. The van der Waals surface area contributed by atoms with Crippen molar-refractivity contribution in [1.82, 2.24) is 20.8 Å². The van der Waals surface area contributed by atoms with Gasteiger partial charge in [0.15, 0.2) is 5.78 Å². The van der Waals surface area contributed by atoms with Crippen molar-refractivity contribution < 1.29 is 33.5 Å². The summed E-state index contributed by atoms with van der Waals surface area (Å²) < 4.78 is 5.63. The molecule has 2 N–H and O–H groups in total. The van der Waals surface area contributed by atoms with E-state index < -0.39 is 41.8 Å². The van der Waals surface area contributed by atoms with E-state index in [1.807, 2.05) is 81.4 Å². The van der Waals surface area contributed by atoms with Crippen LogP contribution in [0.1, 0.15) is 96.6 Å². The van der Waals surface area contributed by atoms with Gasteiger partial charge < -0.3 is 10.1 Å². The maximum absolute atomic E-state index is 14.5. The maximum Gasteiger partial charge on any atom is 0.429 e. The average molecular weight is 665 g/mol. The number of carbonyl (C=O) groups excluding carboxylic acids is 5. The fourth-order valence-electron chi connectivity index (χ4n) is 5.75. The Bertz CT molecular complexity index is 1320. The molecule has 1 fully saturated rings. The van der Waals surface area contributed by atoms with Crippen LogP contribution in [0.15, 0.2) is 60.7 Å². The van der Waals surface area contributed by atoms with Crippen LogP contribution in [0.3, 0.4) is 0 Å². The van der Waals surface area contributed by atoms with Gasteiger partial charge in [0, 0.05) is 25.3 Å². The van der Waals surface area contributed by atoms with Gasteiger partial charge in [0.2, 0.25) is 17.7 Å². The molecule has 2 aromatic rings. The normalized spacial score (nSPS) is 16.4. The molecule has 1 aliphatic rings. The van der Waals surface area contributed by atoms with E-state index in [-0.39, 0.29) is 50.7 Å². The highest BCUT2D eigenvalue weighted by Crippen LogP contribution is 2.27. The van der Waals surface area contributed by atoms with Gasteiger partial charge in [-0.25, -0.2) is 20.3 Å². The molecule has 2 aromatic carbocycles. The zero-order chi connectivity index (χ0) is 34.9. The third kappa shape index (κ3) is 11.5. The van der Waals surface area contributed by atoms with Crippen LogP contribution in [0.5, 0.6) is 0 Å². The standard InChI is InChI=1S/C37H52N4O7/c1-5-8-11-21-30(24-33(43)39-48-26-29-19-14-10-15-20-29)36(45)41-31(35(44)38-34(27(4)6-2)32(42)7-3)22-16-23-40(41)37(46)47-25-28-17-12-9-13-18-28/h9-10,12-15,17-20,27,30-31,34H,5-8,11,16,21-26H2,1-4H3,(H,38,44)(H,39,43)/t27-,30-,31-,34-/m0/s1. The lowest BCUT2D eigenvalue weighted by Gasteiger charge is -2.44. The van der Waals surface area contributed by atoms with Crippen LogP contribution >= 0.6 is 0 Å². The number of nitrogens with one attached hydrogen (secondary N) is 2. The molecule has 262 valence electrons. The Balaban J connectivity index is 1.87. The second-order valence-corrected chi connectivity index (χ2v) is 12.4. The van der Waals surface area contributed by atoms with Crippen LogP contribution in [0.2, 0.25) is 0 Å². The van der Waals surface area contributed by atoms with E-state index in [0.29, 0.717) is 25.7 Å². The summed E-state index contributed by atoms with van der Waals surface area (Å²) in [7, 11) is 0. The van der Waals surface area contributed by atoms with Gasteiger partial charge >= 0.3 is 6.09 Å². The first kappa shape index (κ1) is 38.2. The Labute approximate surface area is 284 Å². The smallest absolute Gasteiger partial charge is 0.429 e. The Morgan fingerprint density at radius 2 is 1.54 bits per heavy atom. The number of unbranched alkanes of at least 4 members (excludes halogenated alkanes) is 2. The molecule has 11 heteroatoms. The summed E-state index contributed by atoms with van der Waals surface area (Å²) in [6, 6.07) is 16.7. The molecule has 0 radical (unpaired) electrons. The van der Waals surface area contributed by atoms with E-state index >= 15 is 0 Å². The molecular weight excluding hydrogens is 612 g/mol. The molecule has 0 unspecified atom stereocenters. The summed E-state index contributed by atoms with van der Waals surface area (Å²) in [5.41, 5.74) is 4.09. The van der Waals surface area contributed by atoms with Crippen molar-refractivity contribution in [1.29, 1.82) is 0 Å². The SMILES string of the molecule is CCCCC[C@@H](CC(=O)NOCc1ccccc1)C(=O)N1[C@H](C(=O)N[C@H](C(=O)CC)[C@@H](C)CC)CCCN1C(=O)OCc1ccccc1. The maximum atomic E-state index is 14.5. The summed E-state index contributed by atoms with van der Waals surface area (Å²) in [5, 5.41) is 5.28. The first-order chi connectivity index (χ1) is 23.2. The number of amides is 4. The van der Waals surface area contributed by atoms with E-state index in [0.717, 1.165) is 24.0 Å². The van der Waals surface area contributed by atoms with Crippen molar-refractivity contribution in [2.75, 3.05) is 6.54 Å². The average Bonchev–Trinajstić information content (AvgIpc) is 3.12. The molecule has 4 atom stereocenters. The van der Waals surface area contributed by atoms with Crippen molar-refractivity contribution >= 4 is 29.6 Å². The number of ketones is 1. The lowest BCUT2D eigenvalue weighted by molar-refractivity contribution is -0.169. The Hall–Kier alpha value is -4.25. The van der Waals surface area contributed by atoms with Gasteiger partial charge in [-0.1, -0.05) is 114 Å². The van der Waals surface area contributed by atoms with Crippen LogP contribution in [0.4, 0.5) is 4.79 Å². The second kappa shape index (κ2) is 20.2. The highest BCUT2D eigenvalue weighted by molar-refractivity contribution is 5.94. The number of ether oxygens (including phenoxy) is 1. The summed E-state index contributed by atoms with van der Waals surface area (Å²) in [6.07, 6.45) is 3.48. The summed E-state index contributed by atoms with van der Waals surface area (Å²) in [6.45, 7) is 7.93. The van der Waals surface area contributed by atoms with Gasteiger partial charge in [-0.3, -0.25) is 24.0 Å². The van der Waals surface area contributed by atoms with E-state index in [4.69, 9.17) is 9.57 Å². The van der Waals surface area contributed by atoms with Crippen molar-refractivity contribution in [3.63, 3.8) is 0 Å². The minimum atomic E-state index is -1.07. The van der Waals surface area contributed by atoms with E-state index in [2.05, 4.69) is 10.8 Å². The molecule has 0 saturated carbocycles. The fraction of sp³-hybridized carbons (Fsp3) is 0.541. The molecule has 1 heterocycles. The molecule has 48 heavy (non-hydrogen) atoms. The van der Waals surface area contributed by atoms with Crippen LogP contribution in [0, 0.1) is 11.8 Å². The highest BCUT2D eigenvalue weighted by atomic mass is 16.6. The van der Waals surface area contributed by atoms with Crippen molar-refractivity contribution in [2.45, 2.75) is 111 Å². The van der Waals surface area contributed by atoms with E-state index in [9.17, 15) is 24.0 Å². The van der Waals surface area contributed by atoms with Gasteiger partial charge in [0.1, 0.15) is 12.6 Å². The van der Waals surface area contributed by atoms with Crippen LogP contribution < -0.4 is 10.8 Å². The fourth-order valence-corrected chi connectivity index (χ4v) is 5.75. The number of hydrazine groups is 1. The molecular formula is C37H52N4O7. The zero-order valence-electron chi connectivity index (χ0n) is 28.8. The quantitative estimate of drug-likeness (QED) is 0.150. The number of nitrogens with zero attached hydrogens (tertiary/aromatic N) is 2. The molecule has 1 aliphatic heterocycles. The van der Waals surface area contributed by atoms with Gasteiger partial charge in [-0.05, 0) is 36.3 Å². The summed E-state index contributed by atoms with van der Waals surface area (Å²) in [5.74, 6) is -2.58. The van der Waals surface area contributed by atoms with E-state index in [1.54, 1.807) is 6.92 Å². The molecule has 0 spiro atoms. The van der Waals surface area contributed by atoms with Crippen LogP contribution in [-0.4, -0.2) is 58.2 Å². The first-order valence-corrected chi connectivity index (χ1v) is 17.3. The monoisotopic (exact) mass is 664 g/mol. The number of hydrogen-bond acceptors (Lipinski definition) is 7. The Kier molecular flexibility index (Phi) is 16.1. The Morgan fingerprint density at radius 3 is 2.15 bits per heavy atom. The molecule has 11 nitrogen and oxygen atoms in total. The van der Waals surface area contributed by atoms with Crippen molar-refractivity contribution in [3.8, 4) is 0 Å². The highest BCUT2D eigenvalue weighted by Gasteiger charge is 2.44. The lowest BCUT2D eigenvalue weighted by atomic mass is 9.92. The minimum Gasteiger partial charge on any atom is -0.443 e. The van der Waals surface area contributed by atoms with Crippen molar-refractivity contribution in [2.24, 2.45) is 11.8 Å². The Morgan fingerprint density at radius 1 is 0.896 bits per heavy atom. The first-order valence-electron chi connectivity index (χ1n) is 17.3. The number of carbonyl (C=O) groups is 5. The third-order valence-corrected chi connectivity index (χ3v) is 8.76. The van der Waals surface area contributed by atoms with Gasteiger partial charge in [-0.15, -0.1) is 0 Å². The van der Waals surface area contributed by atoms with Gasteiger partial charge in [0.25, 0.3) is 0 Å². The molecule has 0 aromatic heterocycles. The molecule has 3 rings (SSSR count).